The fourth-order valence-corrected chi connectivity index (χ4v) is 3.98. The Morgan fingerprint density at radius 1 is 1.55 bits per heavy atom. The van der Waals surface area contributed by atoms with Gasteiger partial charge in [0.25, 0.3) is 0 Å². The molecule has 2 aromatic rings. The Morgan fingerprint density at radius 2 is 2.35 bits per heavy atom. The van der Waals surface area contributed by atoms with Crippen molar-refractivity contribution in [2.75, 3.05) is 6.61 Å². The van der Waals surface area contributed by atoms with Crippen LogP contribution in [0.3, 0.4) is 0 Å². The molecule has 0 saturated carbocycles. The van der Waals surface area contributed by atoms with Crippen LogP contribution in [0.1, 0.15) is 44.1 Å². The summed E-state index contributed by atoms with van der Waals surface area (Å²) < 4.78 is 8.47. The van der Waals surface area contributed by atoms with Crippen LogP contribution in [0.2, 0.25) is 5.02 Å². The molecule has 1 fully saturated rings. The highest BCUT2D eigenvalue weighted by atomic mass is 79.9. The lowest BCUT2D eigenvalue weighted by Crippen LogP contribution is -2.19. The summed E-state index contributed by atoms with van der Waals surface area (Å²) in [5.41, 5.74) is 1.63. The second-order valence-electron chi connectivity index (χ2n) is 5.11. The molecule has 2 atom stereocenters. The van der Waals surface area contributed by atoms with Gasteiger partial charge in [0.05, 0.1) is 17.8 Å². The van der Waals surface area contributed by atoms with Gasteiger partial charge in [0, 0.05) is 27.1 Å². The van der Waals surface area contributed by atoms with E-state index in [1.165, 1.54) is 0 Å². The van der Waals surface area contributed by atoms with Crippen LogP contribution in [0, 0.1) is 0 Å². The first-order chi connectivity index (χ1) is 9.59. The van der Waals surface area contributed by atoms with Crippen LogP contribution in [0.15, 0.2) is 16.7 Å². The summed E-state index contributed by atoms with van der Waals surface area (Å²) in [7, 11) is 0. The van der Waals surface area contributed by atoms with Crippen LogP contribution in [0.5, 0.6) is 0 Å². The van der Waals surface area contributed by atoms with Crippen molar-refractivity contribution in [1.29, 1.82) is 0 Å². The van der Waals surface area contributed by atoms with Gasteiger partial charge in [-0.3, -0.25) is 0 Å². The number of aromatic nitrogens is 2. The minimum atomic E-state index is -0.629. The Labute approximate surface area is 130 Å². The molecule has 1 aromatic heterocycles. The van der Waals surface area contributed by atoms with Crippen LogP contribution in [-0.4, -0.2) is 21.5 Å². The van der Waals surface area contributed by atoms with E-state index in [1.54, 1.807) is 13.1 Å². The molecule has 1 aliphatic rings. The molecule has 1 saturated heterocycles. The summed E-state index contributed by atoms with van der Waals surface area (Å²) in [6.07, 6.45) is 4.35. The molecule has 108 valence electrons. The molecule has 1 aliphatic heterocycles. The maximum Gasteiger partial charge on any atom is 0.150 e. The van der Waals surface area contributed by atoms with Crippen molar-refractivity contribution >= 4 is 38.4 Å². The quantitative estimate of drug-likeness (QED) is 0.874. The van der Waals surface area contributed by atoms with Gasteiger partial charge in [-0.2, -0.15) is 5.10 Å². The maximum absolute atomic E-state index is 9.83. The molecule has 2 unspecified atom stereocenters. The topological polar surface area (TPSA) is 47.3 Å². The molecule has 0 aliphatic carbocycles. The maximum atomic E-state index is 9.83. The van der Waals surface area contributed by atoms with E-state index in [-0.39, 0.29) is 6.23 Å². The van der Waals surface area contributed by atoms with E-state index < -0.39 is 6.10 Å². The molecule has 20 heavy (non-hydrogen) atoms. The van der Waals surface area contributed by atoms with Crippen molar-refractivity contribution in [2.45, 2.75) is 38.5 Å². The van der Waals surface area contributed by atoms with Gasteiger partial charge in [-0.1, -0.05) is 11.6 Å². The highest BCUT2D eigenvalue weighted by Crippen LogP contribution is 2.38. The number of rotatable bonds is 2. The number of ether oxygens (including phenoxy) is 1. The zero-order valence-corrected chi connectivity index (χ0v) is 13.5. The average molecular weight is 360 g/mol. The highest BCUT2D eigenvalue weighted by Gasteiger charge is 2.22. The first-order valence-electron chi connectivity index (χ1n) is 6.74. The highest BCUT2D eigenvalue weighted by molar-refractivity contribution is 9.10. The summed E-state index contributed by atoms with van der Waals surface area (Å²) >= 11 is 9.83. The fourth-order valence-electron chi connectivity index (χ4n) is 2.66. The first kappa shape index (κ1) is 14.3. The second-order valence-corrected chi connectivity index (χ2v) is 6.31. The molecule has 3 rings (SSSR count). The van der Waals surface area contributed by atoms with E-state index in [2.05, 4.69) is 21.0 Å². The van der Waals surface area contributed by atoms with Crippen LogP contribution in [0.4, 0.5) is 0 Å². The first-order valence-corrected chi connectivity index (χ1v) is 7.91. The van der Waals surface area contributed by atoms with Gasteiger partial charge in [-0.15, -0.1) is 0 Å². The Bertz CT molecular complexity index is 636. The SMILES string of the molecule is CC(O)c1c(Cl)cc2c(cnn2C2CCCCO2)c1Br. The molecule has 0 spiro atoms. The number of aliphatic hydroxyl groups excluding tert-OH is 1. The van der Waals surface area contributed by atoms with Crippen LogP contribution in [0.25, 0.3) is 10.9 Å². The van der Waals surface area contributed by atoms with Crippen molar-refractivity contribution in [2.24, 2.45) is 0 Å². The van der Waals surface area contributed by atoms with Gasteiger partial charge in [0.2, 0.25) is 0 Å². The van der Waals surface area contributed by atoms with Crippen LogP contribution in [-0.2, 0) is 4.74 Å². The van der Waals surface area contributed by atoms with Gasteiger partial charge in [-0.05, 0) is 48.2 Å². The summed E-state index contributed by atoms with van der Waals surface area (Å²) in [6.45, 7) is 2.47. The number of halogens is 2. The number of fused-ring (bicyclic) bond motifs is 1. The van der Waals surface area contributed by atoms with Gasteiger partial charge < -0.3 is 9.84 Å². The lowest BCUT2D eigenvalue weighted by Gasteiger charge is -2.23. The van der Waals surface area contributed by atoms with E-state index in [1.807, 2.05) is 10.7 Å². The molecule has 0 amide bonds. The lowest BCUT2D eigenvalue weighted by molar-refractivity contribution is -0.0366. The van der Waals surface area contributed by atoms with Crippen LogP contribution < -0.4 is 0 Å². The van der Waals surface area contributed by atoms with Crippen molar-refractivity contribution in [1.82, 2.24) is 9.78 Å². The Morgan fingerprint density at radius 3 is 3.00 bits per heavy atom. The summed E-state index contributed by atoms with van der Waals surface area (Å²) in [4.78, 5) is 0. The fraction of sp³-hybridized carbons (Fsp3) is 0.500. The molecular weight excluding hydrogens is 344 g/mol. The van der Waals surface area contributed by atoms with Crippen molar-refractivity contribution in [3.05, 3.63) is 27.3 Å². The third-order valence-electron chi connectivity index (χ3n) is 3.67. The number of nitrogens with zero attached hydrogens (tertiary/aromatic N) is 2. The standard InChI is InChI=1S/C14H16BrClN2O2/c1-8(19)13-10(16)6-11-9(14(13)15)7-17-18(11)12-4-2-3-5-20-12/h6-8,12,19H,2-5H2,1H3. The predicted octanol–water partition coefficient (Wildman–Crippen LogP) is 4.20. The van der Waals surface area contributed by atoms with Crippen molar-refractivity contribution in [3.63, 3.8) is 0 Å². The van der Waals surface area contributed by atoms with Gasteiger partial charge in [0.15, 0.2) is 6.23 Å². The lowest BCUT2D eigenvalue weighted by atomic mass is 10.1. The summed E-state index contributed by atoms with van der Waals surface area (Å²) in [5.74, 6) is 0. The second kappa shape index (κ2) is 5.64. The van der Waals surface area contributed by atoms with Crippen LogP contribution >= 0.6 is 27.5 Å². The number of aliphatic hydroxyl groups is 1. The summed E-state index contributed by atoms with van der Waals surface area (Å²) in [6, 6.07) is 1.86. The predicted molar refractivity (Wildman–Crippen MR) is 81.9 cm³/mol. The van der Waals surface area contributed by atoms with E-state index in [4.69, 9.17) is 16.3 Å². The molecule has 1 N–H and O–H groups in total. The van der Waals surface area contributed by atoms with E-state index >= 15 is 0 Å². The third-order valence-corrected chi connectivity index (χ3v) is 4.84. The smallest absolute Gasteiger partial charge is 0.150 e. The normalized spacial score (nSPS) is 21.3. The molecule has 0 radical (unpaired) electrons. The van der Waals surface area contributed by atoms with E-state index in [0.29, 0.717) is 10.6 Å². The molecule has 4 nitrogen and oxygen atoms in total. The third kappa shape index (κ3) is 2.37. The molecule has 1 aromatic carbocycles. The Balaban J connectivity index is 2.13. The van der Waals surface area contributed by atoms with Gasteiger partial charge in [0.1, 0.15) is 0 Å². The molecule has 6 heteroatoms. The summed E-state index contributed by atoms with van der Waals surface area (Å²) in [5, 5.41) is 15.8. The molecule has 0 bridgehead atoms. The zero-order valence-electron chi connectivity index (χ0n) is 11.1. The Kier molecular flexibility index (Phi) is 4.04. The van der Waals surface area contributed by atoms with E-state index in [9.17, 15) is 5.11 Å². The van der Waals surface area contributed by atoms with Gasteiger partial charge in [-0.25, -0.2) is 4.68 Å². The monoisotopic (exact) mass is 358 g/mol. The Hall–Kier alpha value is -0.620. The number of hydrogen-bond donors (Lipinski definition) is 1. The number of benzene rings is 1. The molecule has 2 heterocycles. The van der Waals surface area contributed by atoms with Crippen molar-refractivity contribution < 1.29 is 9.84 Å². The van der Waals surface area contributed by atoms with E-state index in [0.717, 1.165) is 41.2 Å². The minimum absolute atomic E-state index is 0.0263. The number of hydrogen-bond acceptors (Lipinski definition) is 3. The molecular formula is C14H16BrClN2O2. The average Bonchev–Trinajstić information content (AvgIpc) is 2.83. The largest absolute Gasteiger partial charge is 0.389 e. The minimum Gasteiger partial charge on any atom is -0.389 e. The van der Waals surface area contributed by atoms with Crippen molar-refractivity contribution in [3.8, 4) is 0 Å². The zero-order chi connectivity index (χ0) is 14.3. The van der Waals surface area contributed by atoms with Gasteiger partial charge >= 0.3 is 0 Å².